The van der Waals surface area contributed by atoms with E-state index in [0.29, 0.717) is 39.4 Å². The van der Waals surface area contributed by atoms with Crippen molar-refractivity contribution in [2.75, 3.05) is 27.4 Å². The lowest BCUT2D eigenvalue weighted by Gasteiger charge is -2.10. The molecule has 1 heterocycles. The van der Waals surface area contributed by atoms with Crippen LogP contribution in [-0.2, 0) is 0 Å². The first-order valence-electron chi connectivity index (χ1n) is 13.0. The van der Waals surface area contributed by atoms with Gasteiger partial charge in [-0.1, -0.05) is 54.3 Å². The molecule has 0 aliphatic carbocycles. The quantitative estimate of drug-likeness (QED) is 0.186. The van der Waals surface area contributed by atoms with Gasteiger partial charge < -0.3 is 23.4 Å². The Labute approximate surface area is 238 Å². The molecule has 0 aliphatic rings. The molecule has 6 heteroatoms. The summed E-state index contributed by atoms with van der Waals surface area (Å²) in [6.45, 7) is 0.270. The van der Waals surface area contributed by atoms with Gasteiger partial charge in [0.05, 0.1) is 25.2 Å². The van der Waals surface area contributed by atoms with Crippen LogP contribution in [0.2, 0.25) is 0 Å². The highest BCUT2D eigenvalue weighted by Gasteiger charge is 2.15. The predicted octanol–water partition coefficient (Wildman–Crippen LogP) is 7.02. The second kappa shape index (κ2) is 13.1. The summed E-state index contributed by atoms with van der Waals surface area (Å²) in [5, 5.41) is 0.490. The summed E-state index contributed by atoms with van der Waals surface area (Å²) < 4.78 is 28.5. The Kier molecular flexibility index (Phi) is 8.68. The molecular formula is C35H28O6. The summed E-state index contributed by atoms with van der Waals surface area (Å²) in [4.78, 5) is 13.7. The van der Waals surface area contributed by atoms with E-state index in [-0.39, 0.29) is 18.6 Å². The summed E-state index contributed by atoms with van der Waals surface area (Å²) in [7, 11) is 3.22. The van der Waals surface area contributed by atoms with Gasteiger partial charge in [-0.2, -0.15) is 0 Å². The molecule has 0 aliphatic heterocycles. The maximum absolute atomic E-state index is 13.7. The lowest BCUT2D eigenvalue weighted by molar-refractivity contribution is 0.355. The molecule has 0 bridgehead atoms. The van der Waals surface area contributed by atoms with Crippen LogP contribution in [-0.4, -0.2) is 27.4 Å². The molecule has 0 saturated heterocycles. The van der Waals surface area contributed by atoms with Gasteiger partial charge in [0.15, 0.2) is 0 Å². The van der Waals surface area contributed by atoms with Crippen molar-refractivity contribution < 1.29 is 23.4 Å². The van der Waals surface area contributed by atoms with E-state index >= 15 is 0 Å². The molecule has 1 aromatic heterocycles. The first-order chi connectivity index (χ1) is 20.1. The Morgan fingerprint density at radius 3 is 1.98 bits per heavy atom. The van der Waals surface area contributed by atoms with E-state index in [4.69, 9.17) is 23.4 Å². The topological polar surface area (TPSA) is 67.1 Å². The van der Waals surface area contributed by atoms with Crippen molar-refractivity contribution in [3.8, 4) is 46.2 Å². The van der Waals surface area contributed by atoms with Crippen LogP contribution in [0.5, 0.6) is 23.0 Å². The van der Waals surface area contributed by atoms with Gasteiger partial charge in [-0.15, -0.1) is 0 Å². The van der Waals surface area contributed by atoms with Crippen molar-refractivity contribution in [1.29, 1.82) is 0 Å². The molecule has 204 valence electrons. The molecule has 41 heavy (non-hydrogen) atoms. The molecule has 4 aromatic carbocycles. The molecular weight excluding hydrogens is 516 g/mol. The molecule has 0 atom stereocenters. The average molecular weight is 545 g/mol. The van der Waals surface area contributed by atoms with Crippen molar-refractivity contribution in [2.45, 2.75) is 0 Å². The number of fused-ring (bicyclic) bond motifs is 1. The standard InChI is InChI=1S/C35H28O6/c1-37-27-14-18-29(19-15-27)39-22-8-9-25(24-40-30-20-16-28(38-2)17-21-30)23-32-34(36)31-12-6-7-13-33(31)41-35(32)26-10-4-3-5-11-26/h3-7,10-21,23H,22,24H2,1-2H3/b25-23+. The van der Waals surface area contributed by atoms with Crippen molar-refractivity contribution >= 4 is 17.0 Å². The Balaban J connectivity index is 1.51. The highest BCUT2D eigenvalue weighted by molar-refractivity contribution is 5.84. The lowest BCUT2D eigenvalue weighted by Crippen LogP contribution is -2.09. The van der Waals surface area contributed by atoms with E-state index in [0.717, 1.165) is 17.1 Å². The highest BCUT2D eigenvalue weighted by Crippen LogP contribution is 2.28. The third-order valence-corrected chi connectivity index (χ3v) is 6.26. The summed E-state index contributed by atoms with van der Waals surface area (Å²) in [6, 6.07) is 31.3. The van der Waals surface area contributed by atoms with Crippen LogP contribution < -0.4 is 24.4 Å². The fraction of sp³-hybridized carbons (Fsp3) is 0.114. The van der Waals surface area contributed by atoms with Crippen molar-refractivity contribution in [1.82, 2.24) is 0 Å². The van der Waals surface area contributed by atoms with E-state index in [1.807, 2.05) is 91.0 Å². The van der Waals surface area contributed by atoms with E-state index in [1.54, 1.807) is 32.4 Å². The van der Waals surface area contributed by atoms with Crippen LogP contribution >= 0.6 is 0 Å². The van der Waals surface area contributed by atoms with Crippen LogP contribution in [0.25, 0.3) is 28.4 Å². The number of para-hydroxylation sites is 1. The molecule has 0 amide bonds. The Morgan fingerprint density at radius 2 is 1.32 bits per heavy atom. The smallest absolute Gasteiger partial charge is 0.200 e. The molecule has 0 N–H and O–H groups in total. The Morgan fingerprint density at radius 1 is 0.732 bits per heavy atom. The number of rotatable bonds is 9. The molecule has 0 spiro atoms. The molecule has 0 saturated carbocycles. The second-order valence-corrected chi connectivity index (χ2v) is 8.94. The molecule has 5 aromatic rings. The molecule has 0 fully saturated rings. The van der Waals surface area contributed by atoms with Crippen LogP contribution in [0.1, 0.15) is 5.56 Å². The maximum Gasteiger partial charge on any atom is 0.200 e. The summed E-state index contributed by atoms with van der Waals surface area (Å²) in [6.07, 6.45) is 1.74. The van der Waals surface area contributed by atoms with Crippen LogP contribution in [0, 0.1) is 11.8 Å². The number of hydrogen-bond donors (Lipinski definition) is 0. The minimum atomic E-state index is -0.149. The SMILES string of the molecule is COc1ccc(OCC#C/C(=C\c2c(-c3ccccc3)oc3ccccc3c2=O)COc2ccc(OC)cc2)cc1. The Bertz CT molecular complexity index is 1760. The monoisotopic (exact) mass is 544 g/mol. The summed E-state index contributed by atoms with van der Waals surface area (Å²) in [5.74, 6) is 9.43. The third-order valence-electron chi connectivity index (χ3n) is 6.26. The van der Waals surface area contributed by atoms with Gasteiger partial charge in [-0.25, -0.2) is 0 Å². The maximum atomic E-state index is 13.7. The van der Waals surface area contributed by atoms with Gasteiger partial charge in [0.2, 0.25) is 5.43 Å². The van der Waals surface area contributed by atoms with Crippen molar-refractivity contribution in [3.05, 3.63) is 124 Å². The number of ether oxygens (including phenoxy) is 4. The summed E-state index contributed by atoms with van der Waals surface area (Å²) in [5.41, 5.74) is 2.13. The highest BCUT2D eigenvalue weighted by atomic mass is 16.5. The van der Waals surface area contributed by atoms with E-state index in [2.05, 4.69) is 11.8 Å². The molecule has 0 radical (unpaired) electrons. The van der Waals surface area contributed by atoms with Gasteiger partial charge in [-0.3, -0.25) is 4.79 Å². The number of hydrogen-bond acceptors (Lipinski definition) is 6. The minimum absolute atomic E-state index is 0.127. The van der Waals surface area contributed by atoms with Gasteiger partial charge in [0.1, 0.15) is 47.6 Å². The fourth-order valence-electron chi connectivity index (χ4n) is 4.15. The Hall–Kier alpha value is -5.41. The fourth-order valence-corrected chi connectivity index (χ4v) is 4.15. The molecule has 6 nitrogen and oxygen atoms in total. The molecule has 5 rings (SSSR count). The van der Waals surface area contributed by atoms with Gasteiger partial charge in [0.25, 0.3) is 0 Å². The molecule has 0 unspecified atom stereocenters. The third kappa shape index (κ3) is 6.78. The van der Waals surface area contributed by atoms with Crippen LogP contribution in [0.15, 0.2) is 118 Å². The minimum Gasteiger partial charge on any atom is -0.497 e. The van der Waals surface area contributed by atoms with E-state index < -0.39 is 0 Å². The van der Waals surface area contributed by atoms with Gasteiger partial charge in [-0.05, 0) is 66.7 Å². The van der Waals surface area contributed by atoms with Crippen LogP contribution in [0.3, 0.4) is 0 Å². The average Bonchev–Trinajstić information content (AvgIpc) is 3.03. The zero-order chi connectivity index (χ0) is 28.4. The lowest BCUT2D eigenvalue weighted by atomic mass is 10.0. The van der Waals surface area contributed by atoms with Gasteiger partial charge >= 0.3 is 0 Å². The van der Waals surface area contributed by atoms with E-state index in [1.165, 1.54) is 0 Å². The van der Waals surface area contributed by atoms with Crippen LogP contribution in [0.4, 0.5) is 0 Å². The first kappa shape index (κ1) is 27.2. The number of methoxy groups -OCH3 is 2. The first-order valence-corrected chi connectivity index (χ1v) is 13.0. The zero-order valence-electron chi connectivity index (χ0n) is 22.8. The largest absolute Gasteiger partial charge is 0.497 e. The van der Waals surface area contributed by atoms with E-state index in [9.17, 15) is 4.79 Å². The predicted molar refractivity (Wildman–Crippen MR) is 161 cm³/mol. The van der Waals surface area contributed by atoms with Crippen molar-refractivity contribution in [3.63, 3.8) is 0 Å². The zero-order valence-corrected chi connectivity index (χ0v) is 22.8. The summed E-state index contributed by atoms with van der Waals surface area (Å²) >= 11 is 0. The van der Waals surface area contributed by atoms with Crippen molar-refractivity contribution in [2.24, 2.45) is 0 Å². The van der Waals surface area contributed by atoms with Gasteiger partial charge in [0, 0.05) is 11.1 Å². The number of benzene rings is 4. The second-order valence-electron chi connectivity index (χ2n) is 8.94. The normalized spacial score (nSPS) is 10.9.